The predicted molar refractivity (Wildman–Crippen MR) is 71.8 cm³/mol. The molecule has 0 saturated carbocycles. The van der Waals surface area contributed by atoms with Crippen molar-refractivity contribution in [2.24, 2.45) is 0 Å². The third-order valence-electron chi connectivity index (χ3n) is 2.50. The lowest BCUT2D eigenvalue weighted by atomic mass is 10.2. The Hall–Kier alpha value is -2.53. The summed E-state index contributed by atoms with van der Waals surface area (Å²) in [6, 6.07) is 19.3. The van der Waals surface area contributed by atoms with Gasteiger partial charge >= 0.3 is 0 Å². The van der Waals surface area contributed by atoms with Gasteiger partial charge in [0.25, 0.3) is 0 Å². The highest BCUT2D eigenvalue weighted by atomic mass is 16.5. The molecule has 0 aliphatic heterocycles. The zero-order chi connectivity index (χ0) is 12.8. The molecule has 88 valence electrons. The van der Waals surface area contributed by atoms with E-state index >= 15 is 0 Å². The summed E-state index contributed by atoms with van der Waals surface area (Å²) < 4.78 is 5.73. The van der Waals surface area contributed by atoms with Crippen molar-refractivity contribution in [1.29, 1.82) is 5.26 Å². The van der Waals surface area contributed by atoms with Crippen LogP contribution in [-0.4, -0.2) is 0 Å². The van der Waals surface area contributed by atoms with Gasteiger partial charge in [0.05, 0.1) is 12.1 Å². The van der Waals surface area contributed by atoms with Crippen molar-refractivity contribution in [2.75, 3.05) is 0 Å². The molecule has 0 N–H and O–H groups in total. The van der Waals surface area contributed by atoms with Crippen molar-refractivity contribution in [2.45, 2.75) is 6.92 Å². The highest BCUT2D eigenvalue weighted by molar-refractivity contribution is 5.64. The minimum atomic E-state index is 0.557. The molecule has 0 amide bonds. The van der Waals surface area contributed by atoms with Crippen molar-refractivity contribution in [3.63, 3.8) is 0 Å². The van der Waals surface area contributed by atoms with Gasteiger partial charge in [-0.2, -0.15) is 5.26 Å². The maximum absolute atomic E-state index is 8.81. The van der Waals surface area contributed by atoms with E-state index in [1.165, 1.54) is 11.6 Å². The number of benzene rings is 2. The smallest absolute Gasteiger partial charge is 0.145 e. The van der Waals surface area contributed by atoms with Crippen LogP contribution >= 0.6 is 0 Å². The highest BCUT2D eigenvalue weighted by Gasteiger charge is 2.03. The molecule has 2 nitrogen and oxygen atoms in total. The summed E-state index contributed by atoms with van der Waals surface area (Å²) in [4.78, 5) is 0. The number of nitrogens with zero attached hydrogens (tertiary/aromatic N) is 1. The molecular weight excluding hydrogens is 222 g/mol. The van der Waals surface area contributed by atoms with Crippen molar-refractivity contribution < 1.29 is 4.74 Å². The lowest BCUT2D eigenvalue weighted by Crippen LogP contribution is -1.94. The molecule has 0 aromatic heterocycles. The van der Waals surface area contributed by atoms with Gasteiger partial charge in [0.1, 0.15) is 11.5 Å². The topological polar surface area (TPSA) is 33.0 Å². The molecule has 2 rings (SSSR count). The average molecular weight is 235 g/mol. The quantitative estimate of drug-likeness (QED) is 0.596. The first-order valence-corrected chi connectivity index (χ1v) is 5.69. The van der Waals surface area contributed by atoms with E-state index in [0.717, 1.165) is 11.3 Å². The predicted octanol–water partition coefficient (Wildman–Crippen LogP) is 3.94. The molecule has 2 heteroatoms. The van der Waals surface area contributed by atoms with Crippen LogP contribution in [0.25, 0.3) is 5.76 Å². The van der Waals surface area contributed by atoms with E-state index < -0.39 is 0 Å². The number of ether oxygens (including phenoxy) is 1. The van der Waals surface area contributed by atoms with Gasteiger partial charge in [-0.1, -0.05) is 48.0 Å². The summed E-state index contributed by atoms with van der Waals surface area (Å²) in [6.07, 6.45) is 1.41. The number of aryl methyl sites for hydroxylation is 1. The first-order chi connectivity index (χ1) is 8.79. The number of rotatable bonds is 3. The third kappa shape index (κ3) is 2.99. The van der Waals surface area contributed by atoms with E-state index in [9.17, 15) is 0 Å². The zero-order valence-corrected chi connectivity index (χ0v) is 10.1. The average Bonchev–Trinajstić information content (AvgIpc) is 2.42. The Morgan fingerprint density at radius 1 is 1.06 bits per heavy atom. The van der Waals surface area contributed by atoms with Gasteiger partial charge in [0, 0.05) is 5.56 Å². The number of allylic oxidation sites excluding steroid dienone is 1. The molecular formula is C16H13NO. The molecule has 0 unspecified atom stereocenters. The van der Waals surface area contributed by atoms with Crippen LogP contribution in [0.15, 0.2) is 60.7 Å². The molecule has 2 aromatic rings. The molecule has 0 radical (unpaired) electrons. The van der Waals surface area contributed by atoms with Gasteiger partial charge in [-0.15, -0.1) is 0 Å². The third-order valence-corrected chi connectivity index (χ3v) is 2.50. The Labute approximate surface area is 107 Å². The van der Waals surface area contributed by atoms with E-state index in [0.29, 0.717) is 5.76 Å². The fourth-order valence-electron chi connectivity index (χ4n) is 1.57. The molecule has 2 aromatic carbocycles. The van der Waals surface area contributed by atoms with Gasteiger partial charge in [0.15, 0.2) is 0 Å². The second-order valence-electron chi connectivity index (χ2n) is 3.92. The van der Waals surface area contributed by atoms with E-state index in [2.05, 4.69) is 0 Å². The van der Waals surface area contributed by atoms with E-state index in [1.807, 2.05) is 67.6 Å². The Balaban J connectivity index is 2.26. The Kier molecular flexibility index (Phi) is 3.78. The lowest BCUT2D eigenvalue weighted by molar-refractivity contribution is 0.515. The van der Waals surface area contributed by atoms with Gasteiger partial charge in [-0.25, -0.2) is 0 Å². The second-order valence-corrected chi connectivity index (χ2v) is 3.92. The first kappa shape index (κ1) is 11.9. The monoisotopic (exact) mass is 235 g/mol. The molecule has 0 atom stereocenters. The normalized spacial score (nSPS) is 10.8. The van der Waals surface area contributed by atoms with Gasteiger partial charge < -0.3 is 4.74 Å². The Morgan fingerprint density at radius 2 is 1.72 bits per heavy atom. The van der Waals surface area contributed by atoms with Crippen LogP contribution in [0, 0.1) is 18.3 Å². The molecule has 0 aliphatic rings. The standard InChI is InChI=1S/C16H13NO/c1-13-7-9-15(10-8-13)18-16(11-12-17)14-5-3-2-4-6-14/h2-11H,1H3/b16-11+. The van der Waals surface area contributed by atoms with Crippen molar-refractivity contribution in [1.82, 2.24) is 0 Å². The molecule has 0 heterocycles. The van der Waals surface area contributed by atoms with Gasteiger partial charge in [0.2, 0.25) is 0 Å². The van der Waals surface area contributed by atoms with Crippen molar-refractivity contribution in [3.8, 4) is 11.8 Å². The fourth-order valence-corrected chi connectivity index (χ4v) is 1.57. The van der Waals surface area contributed by atoms with E-state index in [1.54, 1.807) is 0 Å². The van der Waals surface area contributed by atoms with Crippen LogP contribution < -0.4 is 4.74 Å². The van der Waals surface area contributed by atoms with Crippen molar-refractivity contribution >= 4 is 5.76 Å². The van der Waals surface area contributed by atoms with E-state index in [4.69, 9.17) is 10.00 Å². The van der Waals surface area contributed by atoms with Crippen LogP contribution in [-0.2, 0) is 0 Å². The molecule has 0 fully saturated rings. The number of nitriles is 1. The van der Waals surface area contributed by atoms with Crippen LogP contribution in [0.4, 0.5) is 0 Å². The summed E-state index contributed by atoms with van der Waals surface area (Å²) in [7, 11) is 0. The summed E-state index contributed by atoms with van der Waals surface area (Å²) in [5.74, 6) is 1.29. The molecule has 0 bridgehead atoms. The molecule has 0 spiro atoms. The Bertz CT molecular complexity index is 577. The largest absolute Gasteiger partial charge is 0.456 e. The Morgan fingerprint density at radius 3 is 2.33 bits per heavy atom. The zero-order valence-electron chi connectivity index (χ0n) is 10.1. The van der Waals surface area contributed by atoms with Crippen LogP contribution in [0.3, 0.4) is 0 Å². The molecule has 18 heavy (non-hydrogen) atoms. The fraction of sp³-hybridized carbons (Fsp3) is 0.0625. The summed E-state index contributed by atoms with van der Waals surface area (Å²) >= 11 is 0. The first-order valence-electron chi connectivity index (χ1n) is 5.69. The minimum Gasteiger partial charge on any atom is -0.456 e. The maximum Gasteiger partial charge on any atom is 0.145 e. The van der Waals surface area contributed by atoms with E-state index in [-0.39, 0.29) is 0 Å². The molecule has 0 saturated heterocycles. The van der Waals surface area contributed by atoms with Crippen LogP contribution in [0.1, 0.15) is 11.1 Å². The number of hydrogen-bond acceptors (Lipinski definition) is 2. The summed E-state index contributed by atoms with van der Waals surface area (Å²) in [5, 5.41) is 8.81. The lowest BCUT2D eigenvalue weighted by Gasteiger charge is -2.09. The summed E-state index contributed by atoms with van der Waals surface area (Å²) in [6.45, 7) is 2.02. The molecule has 0 aliphatic carbocycles. The van der Waals surface area contributed by atoms with Crippen molar-refractivity contribution in [3.05, 3.63) is 71.8 Å². The highest BCUT2D eigenvalue weighted by Crippen LogP contribution is 2.21. The van der Waals surface area contributed by atoms with Crippen LogP contribution in [0.5, 0.6) is 5.75 Å². The second kappa shape index (κ2) is 5.70. The van der Waals surface area contributed by atoms with Crippen LogP contribution in [0.2, 0.25) is 0 Å². The minimum absolute atomic E-state index is 0.557. The number of hydrogen-bond donors (Lipinski definition) is 0. The van der Waals surface area contributed by atoms with Gasteiger partial charge in [-0.05, 0) is 19.1 Å². The summed E-state index contributed by atoms with van der Waals surface area (Å²) in [5.41, 5.74) is 2.06. The maximum atomic E-state index is 8.81. The SMILES string of the molecule is Cc1ccc(O/C(=C/C#N)c2ccccc2)cc1. The van der Waals surface area contributed by atoms with Gasteiger partial charge in [-0.3, -0.25) is 0 Å².